The second-order valence-electron chi connectivity index (χ2n) is 9.77. The van der Waals surface area contributed by atoms with E-state index >= 15 is 0 Å². The maximum absolute atomic E-state index is 13.7. The molecule has 1 amide bonds. The van der Waals surface area contributed by atoms with Crippen LogP contribution in [-0.2, 0) is 4.74 Å². The Hall–Kier alpha value is -3.17. The number of nitrogens with one attached hydrogen (secondary N) is 3. The summed E-state index contributed by atoms with van der Waals surface area (Å²) in [6, 6.07) is 11.8. The SMILES string of the molecule is COCCCOc1cc(C(=O)N(C[C@@H]2CNC[C@H]2Nc2ccc3c(c2)NCCO3)C(C)C)ccc1OC. The summed E-state index contributed by atoms with van der Waals surface area (Å²) in [4.78, 5) is 15.6. The monoisotopic (exact) mass is 512 g/mol. The quantitative estimate of drug-likeness (QED) is 0.373. The molecular formula is C28H40N4O5. The molecule has 2 atom stereocenters. The molecule has 2 aliphatic rings. The lowest BCUT2D eigenvalue weighted by atomic mass is 10.0. The number of fused-ring (bicyclic) bond motifs is 1. The Morgan fingerprint density at radius 1 is 1.14 bits per heavy atom. The van der Waals surface area contributed by atoms with Gasteiger partial charge in [-0.05, 0) is 50.2 Å². The molecule has 2 aliphatic heterocycles. The Labute approximate surface area is 219 Å². The standard InChI is InChI=1S/C28H40N4O5/c1-19(2)32(28(33)20-6-8-26(35-4)27(14-20)36-12-5-11-34-3)18-21-16-29-17-24(21)31-22-7-9-25-23(15-22)30-10-13-37-25/h6-9,14-15,19,21,24,29-31H,5,10-13,16-18H2,1-4H3/t21-,24+/m0/s1. The van der Waals surface area contributed by atoms with E-state index in [9.17, 15) is 4.79 Å². The zero-order valence-electron chi connectivity index (χ0n) is 22.3. The number of nitrogens with zero attached hydrogens (tertiary/aromatic N) is 1. The molecule has 0 radical (unpaired) electrons. The van der Waals surface area contributed by atoms with E-state index in [-0.39, 0.29) is 23.9 Å². The third kappa shape index (κ3) is 6.78. The van der Waals surface area contributed by atoms with E-state index in [0.717, 1.165) is 43.2 Å². The molecule has 9 heteroatoms. The van der Waals surface area contributed by atoms with Crippen LogP contribution in [0, 0.1) is 5.92 Å². The molecule has 0 aliphatic carbocycles. The minimum Gasteiger partial charge on any atom is -0.493 e. The molecule has 9 nitrogen and oxygen atoms in total. The third-order valence-electron chi connectivity index (χ3n) is 6.82. The molecule has 37 heavy (non-hydrogen) atoms. The summed E-state index contributed by atoms with van der Waals surface area (Å²) < 4.78 is 22.2. The highest BCUT2D eigenvalue weighted by Gasteiger charge is 2.32. The van der Waals surface area contributed by atoms with Crippen LogP contribution in [-0.4, -0.2) is 83.1 Å². The highest BCUT2D eigenvalue weighted by atomic mass is 16.5. The molecule has 202 valence electrons. The van der Waals surface area contributed by atoms with Gasteiger partial charge in [0.15, 0.2) is 11.5 Å². The summed E-state index contributed by atoms with van der Waals surface area (Å²) in [6.45, 7) is 9.04. The van der Waals surface area contributed by atoms with Crippen molar-refractivity contribution in [2.45, 2.75) is 32.4 Å². The molecule has 3 N–H and O–H groups in total. The summed E-state index contributed by atoms with van der Waals surface area (Å²) in [6.07, 6.45) is 0.756. The van der Waals surface area contributed by atoms with Gasteiger partial charge in [0.1, 0.15) is 12.4 Å². The maximum atomic E-state index is 13.7. The number of carbonyl (C=O) groups excluding carboxylic acids is 1. The molecule has 0 unspecified atom stereocenters. The largest absolute Gasteiger partial charge is 0.493 e. The van der Waals surface area contributed by atoms with E-state index in [1.165, 1.54) is 0 Å². The molecule has 0 saturated carbocycles. The summed E-state index contributed by atoms with van der Waals surface area (Å²) in [5.74, 6) is 2.31. The van der Waals surface area contributed by atoms with Crippen LogP contribution >= 0.6 is 0 Å². The number of benzene rings is 2. The predicted octanol–water partition coefficient (Wildman–Crippen LogP) is 3.47. The second-order valence-corrected chi connectivity index (χ2v) is 9.77. The Kier molecular flexibility index (Phi) is 9.35. The molecule has 2 heterocycles. The molecule has 1 fully saturated rings. The van der Waals surface area contributed by atoms with Crippen molar-refractivity contribution < 1.29 is 23.7 Å². The number of hydrogen-bond donors (Lipinski definition) is 3. The van der Waals surface area contributed by atoms with Gasteiger partial charge in [-0.25, -0.2) is 0 Å². The summed E-state index contributed by atoms with van der Waals surface area (Å²) in [5, 5.41) is 10.6. The van der Waals surface area contributed by atoms with Crippen molar-refractivity contribution in [1.82, 2.24) is 10.2 Å². The highest BCUT2D eigenvalue weighted by molar-refractivity contribution is 5.95. The lowest BCUT2D eigenvalue weighted by Gasteiger charge is -2.32. The first-order valence-electron chi connectivity index (χ1n) is 13.1. The van der Waals surface area contributed by atoms with Crippen molar-refractivity contribution in [2.75, 3.05) is 70.9 Å². The molecule has 4 rings (SSSR count). The van der Waals surface area contributed by atoms with Crippen molar-refractivity contribution in [3.05, 3.63) is 42.0 Å². The van der Waals surface area contributed by atoms with Crippen LogP contribution in [0.15, 0.2) is 36.4 Å². The van der Waals surface area contributed by atoms with Gasteiger partial charge in [-0.2, -0.15) is 0 Å². The lowest BCUT2D eigenvalue weighted by Crippen LogP contribution is -2.44. The molecule has 0 aromatic heterocycles. The van der Waals surface area contributed by atoms with Crippen molar-refractivity contribution in [2.24, 2.45) is 5.92 Å². The van der Waals surface area contributed by atoms with Crippen molar-refractivity contribution in [3.63, 3.8) is 0 Å². The molecule has 2 aromatic rings. The number of ether oxygens (including phenoxy) is 4. The highest BCUT2D eigenvalue weighted by Crippen LogP contribution is 2.32. The minimum absolute atomic E-state index is 0.0137. The number of hydrogen-bond acceptors (Lipinski definition) is 8. The average molecular weight is 513 g/mol. The average Bonchev–Trinajstić information content (AvgIpc) is 3.35. The van der Waals surface area contributed by atoms with E-state index in [4.69, 9.17) is 18.9 Å². The van der Waals surface area contributed by atoms with Gasteiger partial charge in [0.2, 0.25) is 0 Å². The van der Waals surface area contributed by atoms with Gasteiger partial charge >= 0.3 is 0 Å². The zero-order valence-corrected chi connectivity index (χ0v) is 22.3. The van der Waals surface area contributed by atoms with Gasteiger partial charge in [-0.1, -0.05) is 0 Å². The summed E-state index contributed by atoms with van der Waals surface area (Å²) in [5.41, 5.74) is 2.65. The fourth-order valence-corrected chi connectivity index (χ4v) is 4.79. The van der Waals surface area contributed by atoms with Crippen molar-refractivity contribution >= 4 is 17.3 Å². The molecule has 1 saturated heterocycles. The van der Waals surface area contributed by atoms with Crippen molar-refractivity contribution in [1.29, 1.82) is 0 Å². The van der Waals surface area contributed by atoms with Gasteiger partial charge in [0, 0.05) is 75.6 Å². The lowest BCUT2D eigenvalue weighted by molar-refractivity contribution is 0.0674. The smallest absolute Gasteiger partial charge is 0.254 e. The molecule has 0 bridgehead atoms. The van der Waals surface area contributed by atoms with E-state index in [0.29, 0.717) is 43.4 Å². The summed E-state index contributed by atoms with van der Waals surface area (Å²) >= 11 is 0. The first-order chi connectivity index (χ1) is 18.0. The maximum Gasteiger partial charge on any atom is 0.254 e. The van der Waals surface area contributed by atoms with E-state index in [1.54, 1.807) is 26.4 Å². The number of rotatable bonds is 12. The topological polar surface area (TPSA) is 93.3 Å². The van der Waals surface area contributed by atoms with Gasteiger partial charge in [-0.3, -0.25) is 4.79 Å². The first-order valence-corrected chi connectivity index (χ1v) is 13.1. The summed E-state index contributed by atoms with van der Waals surface area (Å²) in [7, 11) is 3.27. The Bertz CT molecular complexity index is 1050. The Morgan fingerprint density at radius 3 is 2.78 bits per heavy atom. The van der Waals surface area contributed by atoms with E-state index < -0.39 is 0 Å². The molecular weight excluding hydrogens is 472 g/mol. The first kappa shape index (κ1) is 26.9. The number of anilines is 2. The van der Waals surface area contributed by atoms with Crippen LogP contribution in [0.4, 0.5) is 11.4 Å². The fourth-order valence-electron chi connectivity index (χ4n) is 4.79. The Morgan fingerprint density at radius 2 is 2.00 bits per heavy atom. The van der Waals surface area contributed by atoms with Gasteiger partial charge in [-0.15, -0.1) is 0 Å². The van der Waals surface area contributed by atoms with Crippen LogP contribution in [0.3, 0.4) is 0 Å². The third-order valence-corrected chi connectivity index (χ3v) is 6.82. The fraction of sp³-hybridized carbons (Fsp3) is 0.536. The van der Waals surface area contributed by atoms with E-state index in [1.807, 2.05) is 17.0 Å². The van der Waals surface area contributed by atoms with Crippen LogP contribution in [0.2, 0.25) is 0 Å². The predicted molar refractivity (Wildman–Crippen MR) is 145 cm³/mol. The molecule has 2 aromatic carbocycles. The minimum atomic E-state index is -0.0137. The number of carbonyl (C=O) groups is 1. The van der Waals surface area contributed by atoms with Gasteiger partial charge < -0.3 is 39.8 Å². The van der Waals surface area contributed by atoms with Crippen molar-refractivity contribution in [3.8, 4) is 17.2 Å². The number of amides is 1. The second kappa shape index (κ2) is 12.9. The Balaban J connectivity index is 1.44. The number of methoxy groups -OCH3 is 2. The van der Waals surface area contributed by atoms with Crippen LogP contribution in [0.1, 0.15) is 30.6 Å². The van der Waals surface area contributed by atoms with Crippen LogP contribution < -0.4 is 30.2 Å². The van der Waals surface area contributed by atoms with Crippen LogP contribution in [0.5, 0.6) is 17.2 Å². The van der Waals surface area contributed by atoms with Crippen LogP contribution in [0.25, 0.3) is 0 Å². The van der Waals surface area contributed by atoms with Gasteiger partial charge in [0.05, 0.1) is 19.4 Å². The normalized spacial score (nSPS) is 18.5. The molecule has 0 spiro atoms. The zero-order chi connectivity index (χ0) is 26.2. The van der Waals surface area contributed by atoms with E-state index in [2.05, 4.69) is 41.9 Å². The van der Waals surface area contributed by atoms with Gasteiger partial charge in [0.25, 0.3) is 5.91 Å².